The first kappa shape index (κ1) is 14.8. The van der Waals surface area contributed by atoms with E-state index in [1.165, 1.54) is 0 Å². The molecule has 22 heavy (non-hydrogen) atoms. The molecule has 0 spiro atoms. The molecule has 0 aliphatic carbocycles. The van der Waals surface area contributed by atoms with Crippen LogP contribution in [-0.2, 0) is 16.8 Å². The summed E-state index contributed by atoms with van der Waals surface area (Å²) in [5, 5.41) is 20.5. The number of hydrogen-bond donors (Lipinski definition) is 1. The molecule has 1 N–H and O–H groups in total. The van der Waals surface area contributed by atoms with Gasteiger partial charge in [-0.1, -0.05) is 30.3 Å². The fourth-order valence-electron chi connectivity index (χ4n) is 3.06. The molecule has 1 aliphatic heterocycles. The highest BCUT2D eigenvalue weighted by Crippen LogP contribution is 2.36. The summed E-state index contributed by atoms with van der Waals surface area (Å²) in [6.45, 7) is 1.96. The molecule has 1 aliphatic rings. The Bertz CT molecular complexity index is 720. The van der Waals surface area contributed by atoms with E-state index in [1.807, 2.05) is 41.8 Å². The van der Waals surface area contributed by atoms with Crippen molar-refractivity contribution in [1.82, 2.24) is 4.90 Å². The monoisotopic (exact) mass is 312 g/mol. The number of nitrogens with zero attached hydrogens (tertiary/aromatic N) is 2. The van der Waals surface area contributed by atoms with Crippen LogP contribution < -0.4 is 0 Å². The Morgan fingerprint density at radius 1 is 1.41 bits per heavy atom. The zero-order chi connectivity index (χ0) is 15.6. The average molecular weight is 312 g/mol. The zero-order valence-corrected chi connectivity index (χ0v) is 12.8. The van der Waals surface area contributed by atoms with Gasteiger partial charge in [0.15, 0.2) is 0 Å². The minimum Gasteiger partial charge on any atom is -0.481 e. The van der Waals surface area contributed by atoms with Gasteiger partial charge < -0.3 is 5.11 Å². The summed E-state index contributed by atoms with van der Waals surface area (Å²) in [7, 11) is 0. The lowest BCUT2D eigenvalue weighted by atomic mass is 9.80. The molecular weight excluding hydrogens is 296 g/mol. The summed E-state index contributed by atoms with van der Waals surface area (Å²) in [4.78, 5) is 15.2. The Morgan fingerprint density at radius 3 is 2.82 bits per heavy atom. The van der Waals surface area contributed by atoms with Gasteiger partial charge >= 0.3 is 5.97 Å². The minimum absolute atomic E-state index is 0.506. The average Bonchev–Trinajstić information content (AvgIpc) is 3.16. The molecule has 1 aromatic heterocycles. The van der Waals surface area contributed by atoms with E-state index in [0.717, 1.165) is 17.0 Å². The van der Waals surface area contributed by atoms with Gasteiger partial charge in [-0.25, -0.2) is 0 Å². The predicted molar refractivity (Wildman–Crippen MR) is 84.7 cm³/mol. The van der Waals surface area contributed by atoms with Crippen LogP contribution in [-0.4, -0.2) is 29.1 Å². The lowest BCUT2D eigenvalue weighted by molar-refractivity contribution is -0.143. The number of thiophene rings is 1. The van der Waals surface area contributed by atoms with Crippen molar-refractivity contribution in [1.29, 1.82) is 5.26 Å². The van der Waals surface area contributed by atoms with Crippen LogP contribution >= 0.6 is 11.3 Å². The Hall–Kier alpha value is -2.16. The van der Waals surface area contributed by atoms with Crippen molar-refractivity contribution in [2.75, 3.05) is 13.1 Å². The molecule has 3 rings (SSSR count). The van der Waals surface area contributed by atoms with Crippen molar-refractivity contribution in [2.45, 2.75) is 18.4 Å². The standard InChI is InChI=1S/C17H16N2O2S/c18-9-13-8-15(22-11-13)10-19-7-6-17(12-19,16(20)21)14-4-2-1-3-5-14/h1-5,8,11H,6-7,10,12H2,(H,20,21). The number of carboxylic acids is 1. The van der Waals surface area contributed by atoms with E-state index < -0.39 is 11.4 Å². The summed E-state index contributed by atoms with van der Waals surface area (Å²) in [6, 6.07) is 13.5. The topological polar surface area (TPSA) is 64.3 Å². The number of nitriles is 1. The smallest absolute Gasteiger partial charge is 0.315 e. The summed E-state index contributed by atoms with van der Waals surface area (Å²) in [5.41, 5.74) is 0.719. The second kappa shape index (κ2) is 5.91. The number of aliphatic carboxylic acids is 1. The van der Waals surface area contributed by atoms with E-state index >= 15 is 0 Å². The van der Waals surface area contributed by atoms with Gasteiger partial charge in [-0.15, -0.1) is 11.3 Å². The lowest BCUT2D eigenvalue weighted by Crippen LogP contribution is -2.38. The van der Waals surface area contributed by atoms with E-state index in [9.17, 15) is 9.90 Å². The van der Waals surface area contributed by atoms with Crippen LogP contribution in [0.25, 0.3) is 0 Å². The van der Waals surface area contributed by atoms with Gasteiger partial charge in [0.1, 0.15) is 11.5 Å². The van der Waals surface area contributed by atoms with Gasteiger partial charge in [0, 0.05) is 29.9 Å². The van der Waals surface area contributed by atoms with Gasteiger partial charge in [-0.3, -0.25) is 9.69 Å². The Balaban J connectivity index is 1.79. The molecule has 0 radical (unpaired) electrons. The van der Waals surface area contributed by atoms with E-state index in [4.69, 9.17) is 5.26 Å². The van der Waals surface area contributed by atoms with E-state index in [0.29, 0.717) is 25.1 Å². The molecule has 1 fully saturated rings. The third-order valence-corrected chi connectivity index (χ3v) is 5.17. The van der Waals surface area contributed by atoms with Crippen molar-refractivity contribution < 1.29 is 9.90 Å². The molecule has 2 heterocycles. The Morgan fingerprint density at radius 2 is 2.18 bits per heavy atom. The number of carbonyl (C=O) groups is 1. The largest absolute Gasteiger partial charge is 0.481 e. The van der Waals surface area contributed by atoms with Gasteiger partial charge in [0.05, 0.1) is 5.56 Å². The number of rotatable bonds is 4. The predicted octanol–water partition coefficient (Wildman–Crippen LogP) is 2.85. The van der Waals surface area contributed by atoms with Gasteiger partial charge in [-0.05, 0) is 18.1 Å². The minimum atomic E-state index is -0.823. The van der Waals surface area contributed by atoms with Crippen molar-refractivity contribution >= 4 is 17.3 Å². The van der Waals surface area contributed by atoms with Crippen LogP contribution in [0, 0.1) is 11.3 Å². The van der Waals surface area contributed by atoms with Crippen LogP contribution in [0.3, 0.4) is 0 Å². The molecule has 1 atom stereocenters. The third kappa shape index (κ3) is 2.63. The molecule has 1 unspecified atom stereocenters. The van der Waals surface area contributed by atoms with Crippen LogP contribution in [0.4, 0.5) is 0 Å². The maximum Gasteiger partial charge on any atom is 0.315 e. The summed E-state index contributed by atoms with van der Waals surface area (Å²) < 4.78 is 0. The highest BCUT2D eigenvalue weighted by molar-refractivity contribution is 7.10. The number of likely N-dealkylation sites (tertiary alicyclic amines) is 1. The first-order valence-corrected chi connectivity index (χ1v) is 8.01. The maximum atomic E-state index is 11.9. The SMILES string of the molecule is N#Cc1csc(CN2CCC(C(=O)O)(c3ccccc3)C2)c1. The highest BCUT2D eigenvalue weighted by atomic mass is 32.1. The molecule has 0 bridgehead atoms. The number of carboxylic acid groups (broad SMARTS) is 1. The first-order valence-electron chi connectivity index (χ1n) is 7.13. The van der Waals surface area contributed by atoms with Crippen molar-refractivity contribution in [3.05, 3.63) is 57.8 Å². The molecular formula is C17H16N2O2S. The second-order valence-electron chi connectivity index (χ2n) is 5.63. The molecule has 2 aromatic rings. The van der Waals surface area contributed by atoms with E-state index in [2.05, 4.69) is 11.0 Å². The second-order valence-corrected chi connectivity index (χ2v) is 6.62. The van der Waals surface area contributed by atoms with Crippen LogP contribution in [0.5, 0.6) is 0 Å². The zero-order valence-electron chi connectivity index (χ0n) is 12.0. The molecule has 0 saturated carbocycles. The Labute approximate surface area is 133 Å². The summed E-state index contributed by atoms with van der Waals surface area (Å²) in [5.74, 6) is -0.759. The van der Waals surface area contributed by atoms with Crippen LogP contribution in [0.2, 0.25) is 0 Å². The van der Waals surface area contributed by atoms with Crippen LogP contribution in [0.1, 0.15) is 22.4 Å². The molecule has 112 valence electrons. The molecule has 4 nitrogen and oxygen atoms in total. The van der Waals surface area contributed by atoms with Crippen molar-refractivity contribution in [3.8, 4) is 6.07 Å². The third-order valence-electron chi connectivity index (χ3n) is 4.25. The molecule has 1 aromatic carbocycles. The fraction of sp³-hybridized carbons (Fsp3) is 0.294. The Kier molecular flexibility index (Phi) is 3.97. The van der Waals surface area contributed by atoms with Gasteiger partial charge in [0.25, 0.3) is 0 Å². The van der Waals surface area contributed by atoms with Crippen molar-refractivity contribution in [3.63, 3.8) is 0 Å². The van der Waals surface area contributed by atoms with E-state index in [-0.39, 0.29) is 0 Å². The van der Waals surface area contributed by atoms with Gasteiger partial charge in [-0.2, -0.15) is 5.26 Å². The molecule has 5 heteroatoms. The van der Waals surface area contributed by atoms with E-state index in [1.54, 1.807) is 11.3 Å². The highest BCUT2D eigenvalue weighted by Gasteiger charge is 2.46. The maximum absolute atomic E-state index is 11.9. The summed E-state index contributed by atoms with van der Waals surface area (Å²) >= 11 is 1.55. The normalized spacial score (nSPS) is 21.6. The van der Waals surface area contributed by atoms with Gasteiger partial charge in [0.2, 0.25) is 0 Å². The number of benzene rings is 1. The lowest BCUT2D eigenvalue weighted by Gasteiger charge is -2.25. The molecule has 0 amide bonds. The fourth-order valence-corrected chi connectivity index (χ4v) is 3.91. The first-order chi connectivity index (χ1) is 10.6. The van der Waals surface area contributed by atoms with Crippen LogP contribution in [0.15, 0.2) is 41.8 Å². The molecule has 1 saturated heterocycles. The van der Waals surface area contributed by atoms with Crippen molar-refractivity contribution in [2.24, 2.45) is 0 Å². The quantitative estimate of drug-likeness (QED) is 0.943. The number of hydrogen-bond acceptors (Lipinski definition) is 4. The summed E-state index contributed by atoms with van der Waals surface area (Å²) in [6.07, 6.45) is 0.614.